The number of H-pyrrole nitrogens is 1. The first-order chi connectivity index (χ1) is 12.7. The number of nitrogen functional groups attached to an aromatic ring is 1. The molecule has 1 unspecified atom stereocenters. The molecule has 2 aromatic heterocycles. The monoisotopic (exact) mass is 401 g/mol. The number of ether oxygens (including phenoxy) is 3. The number of nitriles is 1. The van der Waals surface area contributed by atoms with Gasteiger partial charge in [0.05, 0.1) is 5.56 Å². The number of nitrogens with zero attached hydrogens (tertiary/aromatic N) is 3. The highest BCUT2D eigenvalue weighted by atomic mass is 31.2. The van der Waals surface area contributed by atoms with Gasteiger partial charge < -0.3 is 39.4 Å². The Bertz CT molecular complexity index is 1010. The van der Waals surface area contributed by atoms with Crippen molar-refractivity contribution in [2.24, 2.45) is 0 Å². The summed E-state index contributed by atoms with van der Waals surface area (Å²) in [7, 11) is -3.22. The molecule has 3 heterocycles. The van der Waals surface area contributed by atoms with Crippen molar-refractivity contribution in [1.29, 1.82) is 5.26 Å². The largest absolute Gasteiger partial charge is 0.385 e. The van der Waals surface area contributed by atoms with Crippen LogP contribution in [0.5, 0.6) is 0 Å². The number of aliphatic hydroxyl groups is 1. The Hall–Kier alpha value is -2.30. The molecule has 1 saturated heterocycles. The molecule has 0 amide bonds. The van der Waals surface area contributed by atoms with Gasteiger partial charge in [0.25, 0.3) is 5.56 Å². The van der Waals surface area contributed by atoms with Crippen molar-refractivity contribution in [3.8, 4) is 6.07 Å². The summed E-state index contributed by atoms with van der Waals surface area (Å²) in [5.41, 5.74) is 4.94. The van der Waals surface area contributed by atoms with Gasteiger partial charge in [-0.2, -0.15) is 10.2 Å². The zero-order valence-corrected chi connectivity index (χ0v) is 14.7. The minimum Gasteiger partial charge on any atom is -0.385 e. The quantitative estimate of drug-likeness (QED) is 0.367. The van der Waals surface area contributed by atoms with Gasteiger partial charge in [0.2, 0.25) is 5.95 Å². The third-order valence-electron chi connectivity index (χ3n) is 3.94. The van der Waals surface area contributed by atoms with E-state index in [1.165, 1.54) is 17.9 Å². The van der Waals surface area contributed by atoms with Crippen molar-refractivity contribution in [1.82, 2.24) is 14.5 Å². The Morgan fingerprint density at radius 1 is 1.56 bits per heavy atom. The van der Waals surface area contributed by atoms with Gasteiger partial charge in [-0.1, -0.05) is 0 Å². The Morgan fingerprint density at radius 3 is 2.85 bits per heavy atom. The fourth-order valence-electron chi connectivity index (χ4n) is 2.86. The normalized spacial score (nSPS) is 25.7. The lowest BCUT2D eigenvalue weighted by Gasteiger charge is -2.20. The SMILES string of the molecule is CO[C@@H]1C(O)[C@@H](OCP(=O)(O)O)O[C@H]1n1cc(C#N)c2c(=O)[nH]c(N)nc21. The smallest absolute Gasteiger partial charge is 0.351 e. The number of rotatable bonds is 5. The zero-order valence-electron chi connectivity index (χ0n) is 13.8. The van der Waals surface area contributed by atoms with Gasteiger partial charge in [-0.25, -0.2) is 0 Å². The molecule has 14 heteroatoms. The maximum Gasteiger partial charge on any atom is 0.351 e. The van der Waals surface area contributed by atoms with Crippen molar-refractivity contribution in [3.63, 3.8) is 0 Å². The third kappa shape index (κ3) is 3.60. The summed E-state index contributed by atoms with van der Waals surface area (Å²) in [6.45, 7) is 0. The summed E-state index contributed by atoms with van der Waals surface area (Å²) in [6, 6.07) is 1.86. The predicted octanol–water partition coefficient (Wildman–Crippen LogP) is -1.44. The summed E-state index contributed by atoms with van der Waals surface area (Å²) in [4.78, 5) is 36.3. The van der Waals surface area contributed by atoms with Crippen LogP contribution in [-0.2, 0) is 18.8 Å². The highest BCUT2D eigenvalue weighted by molar-refractivity contribution is 7.51. The average molecular weight is 401 g/mol. The zero-order chi connectivity index (χ0) is 19.9. The van der Waals surface area contributed by atoms with Crippen molar-refractivity contribution in [2.75, 3.05) is 19.2 Å². The molecule has 0 spiro atoms. The third-order valence-corrected chi connectivity index (χ3v) is 4.43. The van der Waals surface area contributed by atoms with E-state index in [0.29, 0.717) is 0 Å². The Morgan fingerprint density at radius 2 is 2.26 bits per heavy atom. The highest BCUT2D eigenvalue weighted by Gasteiger charge is 2.47. The van der Waals surface area contributed by atoms with Crippen LogP contribution in [0.1, 0.15) is 11.8 Å². The maximum absolute atomic E-state index is 12.1. The second kappa shape index (κ2) is 7.02. The predicted molar refractivity (Wildman–Crippen MR) is 88.2 cm³/mol. The maximum atomic E-state index is 12.1. The van der Waals surface area contributed by atoms with E-state index in [-0.39, 0.29) is 22.5 Å². The van der Waals surface area contributed by atoms with Crippen LogP contribution in [0.25, 0.3) is 11.0 Å². The molecule has 0 aliphatic carbocycles. The summed E-state index contributed by atoms with van der Waals surface area (Å²) >= 11 is 0. The van der Waals surface area contributed by atoms with Crippen molar-refractivity contribution >= 4 is 24.6 Å². The number of aliphatic hydroxyl groups excluding tert-OH is 1. The highest BCUT2D eigenvalue weighted by Crippen LogP contribution is 2.39. The Kier molecular flexibility index (Phi) is 5.06. The van der Waals surface area contributed by atoms with E-state index >= 15 is 0 Å². The first-order valence-corrected chi connectivity index (χ1v) is 9.29. The van der Waals surface area contributed by atoms with Crippen LogP contribution in [0.2, 0.25) is 0 Å². The first-order valence-electron chi connectivity index (χ1n) is 7.49. The minimum atomic E-state index is -4.50. The van der Waals surface area contributed by atoms with E-state index in [1.807, 2.05) is 6.07 Å². The van der Waals surface area contributed by atoms with Gasteiger partial charge in [0.15, 0.2) is 24.5 Å². The number of anilines is 1. The van der Waals surface area contributed by atoms with Gasteiger partial charge in [-0.05, 0) is 0 Å². The molecule has 4 atom stereocenters. The number of nitrogens with two attached hydrogens (primary N) is 1. The molecule has 13 nitrogen and oxygen atoms in total. The van der Waals surface area contributed by atoms with Crippen molar-refractivity contribution in [2.45, 2.75) is 24.7 Å². The standard InChI is InChI=1S/C13H16N5O8P/c1-24-8-7(19)12(25-4-27(21,22)23)26-11(8)18-3-5(2-14)6-9(18)16-13(15)17-10(6)20/h3,7-8,11-12,19H,4H2,1H3,(H2,21,22,23)(H3,15,16,17,20)/t7?,8-,11-,12+/m1/s1. The lowest BCUT2D eigenvalue weighted by Crippen LogP contribution is -2.34. The van der Waals surface area contributed by atoms with Gasteiger partial charge >= 0.3 is 7.60 Å². The van der Waals surface area contributed by atoms with E-state index in [1.54, 1.807) is 0 Å². The Balaban J connectivity index is 2.04. The summed E-state index contributed by atoms with van der Waals surface area (Å²) in [5.74, 6) is -0.196. The van der Waals surface area contributed by atoms with E-state index < -0.39 is 44.2 Å². The van der Waals surface area contributed by atoms with E-state index in [0.717, 1.165) is 0 Å². The molecule has 0 radical (unpaired) electrons. The number of methoxy groups -OCH3 is 1. The average Bonchev–Trinajstić information content (AvgIpc) is 3.09. The van der Waals surface area contributed by atoms with Crippen LogP contribution in [-0.4, -0.2) is 61.4 Å². The minimum absolute atomic E-state index is 0.00808. The van der Waals surface area contributed by atoms with Crippen molar-refractivity contribution in [3.05, 3.63) is 22.1 Å². The van der Waals surface area contributed by atoms with Gasteiger partial charge in [-0.15, -0.1) is 0 Å². The molecule has 0 bridgehead atoms. The van der Waals surface area contributed by atoms with Crippen LogP contribution in [0.3, 0.4) is 0 Å². The van der Waals surface area contributed by atoms with Crippen LogP contribution >= 0.6 is 7.60 Å². The molecule has 3 rings (SSSR count). The van der Waals surface area contributed by atoms with Crippen molar-refractivity contribution < 1.29 is 33.7 Å². The summed E-state index contributed by atoms with van der Waals surface area (Å²) in [5, 5.41) is 19.6. The molecule has 146 valence electrons. The molecular weight excluding hydrogens is 385 g/mol. The second-order valence-electron chi connectivity index (χ2n) is 5.76. The number of hydrogen-bond acceptors (Lipinski definition) is 9. The number of nitrogens with one attached hydrogen (secondary N) is 1. The van der Waals surface area contributed by atoms with Crippen LogP contribution in [0.15, 0.2) is 11.0 Å². The molecule has 1 aliphatic heterocycles. The molecule has 1 aliphatic rings. The lowest BCUT2D eigenvalue weighted by molar-refractivity contribution is -0.167. The lowest BCUT2D eigenvalue weighted by atomic mass is 10.2. The van der Waals surface area contributed by atoms with Gasteiger partial charge in [0, 0.05) is 13.3 Å². The molecule has 2 aromatic rings. The van der Waals surface area contributed by atoms with Crippen LogP contribution < -0.4 is 11.3 Å². The first kappa shape index (κ1) is 19.5. The van der Waals surface area contributed by atoms with Crippen LogP contribution in [0, 0.1) is 11.3 Å². The molecule has 6 N–H and O–H groups in total. The Labute approximate surface area is 151 Å². The summed E-state index contributed by atoms with van der Waals surface area (Å²) in [6.07, 6.45) is -4.68. The molecule has 1 fully saturated rings. The topological polar surface area (TPSA) is 206 Å². The van der Waals surface area contributed by atoms with E-state index in [2.05, 4.69) is 9.97 Å². The fraction of sp³-hybridized carbons (Fsp3) is 0.462. The molecule has 0 aromatic carbocycles. The molecule has 27 heavy (non-hydrogen) atoms. The van der Waals surface area contributed by atoms with E-state index in [9.17, 15) is 19.7 Å². The summed E-state index contributed by atoms with van der Waals surface area (Å²) < 4.78 is 27.9. The second-order valence-corrected chi connectivity index (χ2v) is 7.35. The number of aromatic amines is 1. The van der Waals surface area contributed by atoms with Crippen LogP contribution in [0.4, 0.5) is 5.95 Å². The number of aromatic nitrogens is 3. The number of fused-ring (bicyclic) bond motifs is 1. The van der Waals surface area contributed by atoms with Gasteiger partial charge in [0.1, 0.15) is 23.7 Å². The fourth-order valence-corrected chi connectivity index (χ4v) is 3.20. The van der Waals surface area contributed by atoms with Gasteiger partial charge in [-0.3, -0.25) is 14.3 Å². The molecular formula is C13H16N5O8P. The molecule has 0 saturated carbocycles. The number of hydrogen-bond donors (Lipinski definition) is 5. The van der Waals surface area contributed by atoms with E-state index in [4.69, 9.17) is 29.7 Å².